The average molecular weight is 375 g/mol. The molecular formula is C17H19ClN6O2. The number of hydrazone groups is 1. The maximum atomic E-state index is 12.3. The minimum Gasteiger partial charge on any atom is -0.322 e. The van der Waals surface area contributed by atoms with E-state index in [1.165, 1.54) is 4.90 Å². The highest BCUT2D eigenvalue weighted by atomic mass is 35.5. The molecule has 136 valence electrons. The van der Waals surface area contributed by atoms with E-state index in [1.54, 1.807) is 30.3 Å². The molecule has 1 fully saturated rings. The van der Waals surface area contributed by atoms with Crippen LogP contribution >= 0.6 is 11.6 Å². The minimum absolute atomic E-state index is 0.371. The molecule has 0 aromatic heterocycles. The van der Waals surface area contributed by atoms with Crippen LogP contribution in [0.15, 0.2) is 46.5 Å². The third-order valence-electron chi connectivity index (χ3n) is 4.15. The fraction of sp³-hybridized carbons (Fsp3) is 0.294. The number of hydrogen-bond acceptors (Lipinski definition) is 6. The number of halogens is 1. The van der Waals surface area contributed by atoms with Crippen LogP contribution in [-0.4, -0.2) is 59.7 Å². The Balaban J connectivity index is 1.79. The predicted octanol–water partition coefficient (Wildman–Crippen LogP) is 1.39. The SMILES string of the molecule is C/C=C/CN1C(N/N=C\c2ccc(Cl)cc2)=NC2C1C(=O)NC(=O)N2C. The van der Waals surface area contributed by atoms with Crippen LogP contribution in [0.25, 0.3) is 0 Å². The molecule has 26 heavy (non-hydrogen) atoms. The summed E-state index contributed by atoms with van der Waals surface area (Å²) in [6.07, 6.45) is 4.84. The van der Waals surface area contributed by atoms with Crippen molar-refractivity contribution in [3.63, 3.8) is 0 Å². The zero-order valence-electron chi connectivity index (χ0n) is 14.4. The van der Waals surface area contributed by atoms with E-state index in [9.17, 15) is 9.59 Å². The van der Waals surface area contributed by atoms with Gasteiger partial charge in [-0.25, -0.2) is 15.2 Å². The van der Waals surface area contributed by atoms with Crippen LogP contribution in [0.3, 0.4) is 0 Å². The summed E-state index contributed by atoms with van der Waals surface area (Å²) in [6.45, 7) is 2.36. The number of guanidine groups is 1. The van der Waals surface area contributed by atoms with Crippen LogP contribution in [0.2, 0.25) is 5.02 Å². The van der Waals surface area contributed by atoms with E-state index in [0.717, 1.165) is 5.56 Å². The molecule has 1 aromatic carbocycles. The molecule has 0 radical (unpaired) electrons. The Morgan fingerprint density at radius 3 is 2.77 bits per heavy atom. The zero-order valence-corrected chi connectivity index (χ0v) is 15.1. The molecule has 3 rings (SSSR count). The number of imide groups is 1. The number of carbonyl (C=O) groups is 2. The van der Waals surface area contributed by atoms with Gasteiger partial charge in [-0.2, -0.15) is 5.10 Å². The first-order valence-electron chi connectivity index (χ1n) is 8.09. The van der Waals surface area contributed by atoms with Gasteiger partial charge in [0.15, 0.2) is 12.2 Å². The van der Waals surface area contributed by atoms with Gasteiger partial charge in [0.05, 0.1) is 6.21 Å². The van der Waals surface area contributed by atoms with Gasteiger partial charge in [-0.3, -0.25) is 10.1 Å². The number of carbonyl (C=O) groups excluding carboxylic acids is 2. The fourth-order valence-electron chi connectivity index (χ4n) is 2.75. The first-order chi connectivity index (χ1) is 12.5. The average Bonchev–Trinajstić information content (AvgIpc) is 2.99. The van der Waals surface area contributed by atoms with Crippen LogP contribution in [0.5, 0.6) is 0 Å². The number of nitrogens with zero attached hydrogens (tertiary/aromatic N) is 4. The second kappa shape index (κ2) is 7.57. The number of allylic oxidation sites excluding steroid dienone is 1. The molecule has 2 aliphatic heterocycles. The summed E-state index contributed by atoms with van der Waals surface area (Å²) in [4.78, 5) is 31.8. The molecule has 9 heteroatoms. The lowest BCUT2D eigenvalue weighted by atomic mass is 10.1. The van der Waals surface area contributed by atoms with Gasteiger partial charge in [0.2, 0.25) is 5.96 Å². The maximum Gasteiger partial charge on any atom is 0.325 e. The lowest BCUT2D eigenvalue weighted by Crippen LogP contribution is -2.64. The van der Waals surface area contributed by atoms with Crippen LogP contribution in [-0.2, 0) is 4.79 Å². The lowest BCUT2D eigenvalue weighted by molar-refractivity contribution is -0.126. The number of amides is 3. The number of hydrogen-bond donors (Lipinski definition) is 2. The summed E-state index contributed by atoms with van der Waals surface area (Å²) in [7, 11) is 1.61. The topological polar surface area (TPSA) is 89.4 Å². The summed E-state index contributed by atoms with van der Waals surface area (Å²) in [5, 5.41) is 7.18. The molecule has 2 heterocycles. The second-order valence-corrected chi connectivity index (χ2v) is 6.30. The normalized spacial score (nSPS) is 22.8. The van der Waals surface area contributed by atoms with Crippen molar-refractivity contribution in [1.82, 2.24) is 20.5 Å². The maximum absolute atomic E-state index is 12.3. The lowest BCUT2D eigenvalue weighted by Gasteiger charge is -2.35. The van der Waals surface area contributed by atoms with Gasteiger partial charge >= 0.3 is 6.03 Å². The number of urea groups is 1. The molecule has 8 nitrogen and oxygen atoms in total. The Labute approximate surface area is 156 Å². The third kappa shape index (κ3) is 3.55. The molecule has 2 atom stereocenters. The number of fused-ring (bicyclic) bond motifs is 1. The quantitative estimate of drug-likeness (QED) is 0.473. The summed E-state index contributed by atoms with van der Waals surface area (Å²) in [5.41, 5.74) is 3.74. The van der Waals surface area contributed by atoms with Gasteiger partial charge in [-0.05, 0) is 24.6 Å². The number of benzene rings is 1. The van der Waals surface area contributed by atoms with Crippen molar-refractivity contribution < 1.29 is 9.59 Å². The molecule has 0 aliphatic carbocycles. The van der Waals surface area contributed by atoms with Gasteiger partial charge in [0.25, 0.3) is 5.91 Å². The van der Waals surface area contributed by atoms with E-state index in [2.05, 4.69) is 20.8 Å². The van der Waals surface area contributed by atoms with Gasteiger partial charge < -0.3 is 9.80 Å². The Kier molecular flexibility index (Phi) is 5.22. The summed E-state index contributed by atoms with van der Waals surface area (Å²) in [5.74, 6) is 0.0600. The molecular weight excluding hydrogens is 356 g/mol. The predicted molar refractivity (Wildman–Crippen MR) is 100 cm³/mol. The minimum atomic E-state index is -0.595. The van der Waals surface area contributed by atoms with Crippen molar-refractivity contribution in [1.29, 1.82) is 0 Å². The van der Waals surface area contributed by atoms with E-state index in [1.807, 2.05) is 31.2 Å². The Bertz CT molecular complexity index is 789. The van der Waals surface area contributed by atoms with Crippen molar-refractivity contribution in [3.05, 3.63) is 47.0 Å². The highest BCUT2D eigenvalue weighted by molar-refractivity contribution is 6.30. The number of likely N-dealkylation sites (N-methyl/N-ethyl adjacent to an activating group) is 1. The van der Waals surface area contributed by atoms with Crippen molar-refractivity contribution in [3.8, 4) is 0 Å². The van der Waals surface area contributed by atoms with Gasteiger partial charge in [-0.15, -0.1) is 0 Å². The fourth-order valence-corrected chi connectivity index (χ4v) is 2.88. The van der Waals surface area contributed by atoms with E-state index < -0.39 is 18.2 Å². The summed E-state index contributed by atoms with van der Waals surface area (Å²) in [6, 6.07) is 6.16. The van der Waals surface area contributed by atoms with Crippen LogP contribution in [0.4, 0.5) is 4.79 Å². The molecule has 1 aromatic rings. The Hall–Kier alpha value is -2.87. The van der Waals surface area contributed by atoms with Gasteiger partial charge in [0.1, 0.15) is 0 Å². The highest BCUT2D eigenvalue weighted by Crippen LogP contribution is 2.23. The van der Waals surface area contributed by atoms with Crippen LogP contribution in [0.1, 0.15) is 12.5 Å². The highest BCUT2D eigenvalue weighted by Gasteiger charge is 2.48. The third-order valence-corrected chi connectivity index (χ3v) is 4.40. The van der Waals surface area contributed by atoms with Crippen molar-refractivity contribution >= 4 is 35.7 Å². The van der Waals surface area contributed by atoms with Crippen LogP contribution in [0, 0.1) is 0 Å². The molecule has 2 aliphatic rings. The molecule has 0 saturated carbocycles. The van der Waals surface area contributed by atoms with Crippen molar-refractivity contribution in [2.45, 2.75) is 19.1 Å². The first kappa shape index (κ1) is 17.9. The molecule has 2 unspecified atom stereocenters. The number of rotatable bonds is 4. The van der Waals surface area contributed by atoms with Gasteiger partial charge in [0, 0.05) is 18.6 Å². The molecule has 3 amide bonds. The monoisotopic (exact) mass is 374 g/mol. The molecule has 2 N–H and O–H groups in total. The molecule has 0 spiro atoms. The molecule has 1 saturated heterocycles. The van der Waals surface area contributed by atoms with E-state index in [4.69, 9.17) is 11.6 Å². The number of nitrogens with one attached hydrogen (secondary N) is 2. The van der Waals surface area contributed by atoms with Gasteiger partial charge in [-0.1, -0.05) is 35.9 Å². The first-order valence-corrected chi connectivity index (χ1v) is 8.47. The summed E-state index contributed by atoms with van der Waals surface area (Å²) < 4.78 is 0. The summed E-state index contributed by atoms with van der Waals surface area (Å²) >= 11 is 5.86. The van der Waals surface area contributed by atoms with Crippen molar-refractivity contribution in [2.24, 2.45) is 10.1 Å². The second-order valence-electron chi connectivity index (χ2n) is 5.86. The molecule has 0 bridgehead atoms. The number of aliphatic imine (C=N–C) groups is 1. The van der Waals surface area contributed by atoms with Crippen molar-refractivity contribution in [2.75, 3.05) is 13.6 Å². The smallest absolute Gasteiger partial charge is 0.322 e. The zero-order chi connectivity index (χ0) is 18.7. The standard InChI is InChI=1S/C17H19ClN6O2/c1-3-4-9-24-13-14(23(2)17(26)21-15(13)25)20-16(24)22-19-10-11-5-7-12(18)8-6-11/h3-8,10,13-14H,9H2,1-2H3,(H,20,22)(H,21,25,26)/b4-3+,19-10-. The van der Waals surface area contributed by atoms with E-state index in [-0.39, 0.29) is 5.91 Å². The van der Waals surface area contributed by atoms with Crippen LogP contribution < -0.4 is 10.7 Å². The van der Waals surface area contributed by atoms with E-state index >= 15 is 0 Å². The Morgan fingerprint density at radius 2 is 2.08 bits per heavy atom. The Morgan fingerprint density at radius 1 is 1.35 bits per heavy atom. The largest absolute Gasteiger partial charge is 0.325 e. The van der Waals surface area contributed by atoms with E-state index in [0.29, 0.717) is 17.5 Å².